The molecule has 1 fully saturated rings. The van der Waals surface area contributed by atoms with E-state index in [1.54, 1.807) is 0 Å². The molecule has 1 N–H and O–H groups in total. The molecule has 0 atom stereocenters. The zero-order valence-electron chi connectivity index (χ0n) is 12.0. The van der Waals surface area contributed by atoms with E-state index in [1.165, 1.54) is 24.2 Å². The molecule has 2 rings (SSSR count). The molecular weight excluding hydrogens is 272 g/mol. The number of amides is 1. The Balaban J connectivity index is 1.94. The molecule has 110 valence electrons. The molecule has 1 amide bonds. The van der Waals surface area contributed by atoms with Crippen molar-refractivity contribution in [1.29, 1.82) is 0 Å². The van der Waals surface area contributed by atoms with Gasteiger partial charge in [-0.05, 0) is 32.6 Å². The Hall–Kier alpha value is -1.23. The predicted octanol–water partition coefficient (Wildman–Crippen LogP) is 3.25. The number of carbonyl (C=O) groups excluding carboxylic acids is 2. The van der Waals surface area contributed by atoms with Gasteiger partial charge < -0.3 is 10.1 Å². The van der Waals surface area contributed by atoms with Gasteiger partial charge in [-0.25, -0.2) is 4.98 Å². The van der Waals surface area contributed by atoms with Gasteiger partial charge in [0.2, 0.25) is 0 Å². The zero-order chi connectivity index (χ0) is 14.4. The molecule has 1 aromatic rings. The van der Waals surface area contributed by atoms with Crippen LogP contribution in [-0.2, 0) is 4.79 Å². The molecule has 1 aromatic heterocycles. The molecule has 1 saturated carbocycles. The van der Waals surface area contributed by atoms with Gasteiger partial charge in [0.15, 0.2) is 5.01 Å². The lowest BCUT2D eigenvalue weighted by Gasteiger charge is -2.30. The van der Waals surface area contributed by atoms with Crippen LogP contribution >= 0.6 is 11.3 Å². The number of aldehydes is 1. The third-order valence-corrected chi connectivity index (χ3v) is 4.94. The molecule has 0 aliphatic heterocycles. The summed E-state index contributed by atoms with van der Waals surface area (Å²) < 4.78 is 0. The number of nitrogens with one attached hydrogen (secondary N) is 1. The van der Waals surface area contributed by atoms with E-state index in [2.05, 4.69) is 10.3 Å². The smallest absolute Gasteiger partial charge is 0.280 e. The number of aromatic nitrogens is 1. The summed E-state index contributed by atoms with van der Waals surface area (Å²) in [5.41, 5.74) is 0.825. The van der Waals surface area contributed by atoms with Crippen molar-refractivity contribution in [3.05, 3.63) is 16.1 Å². The summed E-state index contributed by atoms with van der Waals surface area (Å²) in [4.78, 5) is 26.9. The maximum atomic E-state index is 12.3. The molecule has 20 heavy (non-hydrogen) atoms. The van der Waals surface area contributed by atoms with Gasteiger partial charge in [0, 0.05) is 23.0 Å². The normalized spacial score (nSPS) is 17.1. The zero-order valence-corrected chi connectivity index (χ0v) is 12.8. The van der Waals surface area contributed by atoms with Crippen LogP contribution in [0.15, 0.2) is 5.38 Å². The fourth-order valence-corrected chi connectivity index (χ4v) is 3.62. The van der Waals surface area contributed by atoms with Crippen LogP contribution in [0, 0.1) is 6.92 Å². The summed E-state index contributed by atoms with van der Waals surface area (Å²) in [7, 11) is 0. The summed E-state index contributed by atoms with van der Waals surface area (Å²) >= 11 is 1.40. The number of nitrogens with zero attached hydrogens (tertiary/aromatic N) is 1. The van der Waals surface area contributed by atoms with Crippen molar-refractivity contribution < 1.29 is 9.59 Å². The summed E-state index contributed by atoms with van der Waals surface area (Å²) in [5, 5.41) is 5.68. The second-order valence-electron chi connectivity index (χ2n) is 5.65. The Labute approximate surface area is 124 Å². The Morgan fingerprint density at radius 3 is 2.80 bits per heavy atom. The van der Waals surface area contributed by atoms with Crippen molar-refractivity contribution in [1.82, 2.24) is 10.3 Å². The van der Waals surface area contributed by atoms with E-state index in [9.17, 15) is 9.59 Å². The molecule has 5 heteroatoms. The van der Waals surface area contributed by atoms with E-state index in [-0.39, 0.29) is 11.4 Å². The maximum absolute atomic E-state index is 12.3. The van der Waals surface area contributed by atoms with E-state index >= 15 is 0 Å². The molecule has 0 aromatic carbocycles. The van der Waals surface area contributed by atoms with E-state index in [0.717, 1.165) is 44.1 Å². The van der Waals surface area contributed by atoms with Crippen LogP contribution in [0.5, 0.6) is 0 Å². The van der Waals surface area contributed by atoms with Crippen LogP contribution < -0.4 is 5.32 Å². The van der Waals surface area contributed by atoms with Crippen molar-refractivity contribution in [2.75, 3.05) is 0 Å². The molecule has 1 aliphatic carbocycles. The standard InChI is InChI=1S/C15H22N2O2S/c1-12-11-20-14(16-12)13(19)17-15(8-4-5-9-15)7-3-2-6-10-18/h10-11H,2-9H2,1H3,(H,17,19). The van der Waals surface area contributed by atoms with Crippen LogP contribution in [0.3, 0.4) is 0 Å². The monoisotopic (exact) mass is 294 g/mol. The number of rotatable bonds is 7. The third-order valence-electron chi connectivity index (χ3n) is 3.98. The van der Waals surface area contributed by atoms with Gasteiger partial charge in [-0.3, -0.25) is 4.79 Å². The largest absolute Gasteiger partial charge is 0.345 e. The average Bonchev–Trinajstić information content (AvgIpc) is 3.05. The van der Waals surface area contributed by atoms with Crippen LogP contribution in [-0.4, -0.2) is 22.7 Å². The Bertz CT molecular complexity index is 464. The van der Waals surface area contributed by atoms with Crippen molar-refractivity contribution >= 4 is 23.5 Å². The minimum Gasteiger partial charge on any atom is -0.345 e. The fraction of sp³-hybridized carbons (Fsp3) is 0.667. The average molecular weight is 294 g/mol. The lowest BCUT2D eigenvalue weighted by molar-refractivity contribution is -0.107. The summed E-state index contributed by atoms with van der Waals surface area (Å²) in [6, 6.07) is 0. The first kappa shape index (κ1) is 15.2. The molecule has 0 bridgehead atoms. The molecule has 0 unspecified atom stereocenters. The number of thiazole rings is 1. The first-order valence-electron chi connectivity index (χ1n) is 7.33. The fourth-order valence-electron chi connectivity index (χ4n) is 2.93. The van der Waals surface area contributed by atoms with Crippen LogP contribution in [0.2, 0.25) is 0 Å². The Kier molecular flexibility index (Phi) is 5.29. The second-order valence-corrected chi connectivity index (χ2v) is 6.51. The lowest BCUT2D eigenvalue weighted by atomic mass is 9.90. The number of unbranched alkanes of at least 4 members (excludes halogenated alkanes) is 2. The van der Waals surface area contributed by atoms with Gasteiger partial charge in [0.25, 0.3) is 5.91 Å². The molecule has 4 nitrogen and oxygen atoms in total. The first-order valence-corrected chi connectivity index (χ1v) is 8.21. The molecule has 0 saturated heterocycles. The quantitative estimate of drug-likeness (QED) is 0.620. The van der Waals surface area contributed by atoms with Crippen molar-refractivity contribution in [2.45, 2.75) is 63.8 Å². The number of carbonyl (C=O) groups is 2. The first-order chi connectivity index (χ1) is 9.65. The second kappa shape index (κ2) is 6.97. The van der Waals surface area contributed by atoms with Gasteiger partial charge in [0.1, 0.15) is 6.29 Å². The van der Waals surface area contributed by atoms with Crippen molar-refractivity contribution in [3.63, 3.8) is 0 Å². The van der Waals surface area contributed by atoms with Crippen LogP contribution in [0.25, 0.3) is 0 Å². The maximum Gasteiger partial charge on any atom is 0.280 e. The lowest BCUT2D eigenvalue weighted by Crippen LogP contribution is -2.46. The van der Waals surface area contributed by atoms with Gasteiger partial charge in [-0.2, -0.15) is 0 Å². The Morgan fingerprint density at radius 2 is 2.20 bits per heavy atom. The number of hydrogen-bond acceptors (Lipinski definition) is 4. The molecule has 1 aliphatic rings. The minimum atomic E-state index is -0.0699. The van der Waals surface area contributed by atoms with Crippen LogP contribution in [0.4, 0.5) is 0 Å². The SMILES string of the molecule is Cc1csc(C(=O)NC2(CCCCC=O)CCCC2)n1. The Morgan fingerprint density at radius 1 is 1.45 bits per heavy atom. The summed E-state index contributed by atoms with van der Waals surface area (Å²) in [6.07, 6.45) is 8.91. The van der Waals surface area contributed by atoms with Gasteiger partial charge in [0.05, 0.1) is 0 Å². The third kappa shape index (κ3) is 3.88. The highest BCUT2D eigenvalue weighted by Crippen LogP contribution is 2.34. The van der Waals surface area contributed by atoms with Crippen LogP contribution in [0.1, 0.15) is 66.9 Å². The van der Waals surface area contributed by atoms with E-state index in [1.807, 2.05) is 12.3 Å². The van der Waals surface area contributed by atoms with Crippen molar-refractivity contribution in [3.8, 4) is 0 Å². The molecule has 0 radical (unpaired) electrons. The molecule has 1 heterocycles. The highest BCUT2D eigenvalue weighted by Gasteiger charge is 2.35. The number of hydrogen-bond donors (Lipinski definition) is 1. The highest BCUT2D eigenvalue weighted by molar-refractivity contribution is 7.11. The van der Waals surface area contributed by atoms with E-state index < -0.39 is 0 Å². The van der Waals surface area contributed by atoms with Gasteiger partial charge >= 0.3 is 0 Å². The predicted molar refractivity (Wildman–Crippen MR) is 80.0 cm³/mol. The molecule has 0 spiro atoms. The minimum absolute atomic E-state index is 0.0413. The molecular formula is C15H22N2O2S. The van der Waals surface area contributed by atoms with E-state index in [4.69, 9.17) is 0 Å². The highest BCUT2D eigenvalue weighted by atomic mass is 32.1. The van der Waals surface area contributed by atoms with Gasteiger partial charge in [-0.15, -0.1) is 11.3 Å². The topological polar surface area (TPSA) is 59.1 Å². The van der Waals surface area contributed by atoms with Gasteiger partial charge in [-0.1, -0.05) is 19.3 Å². The summed E-state index contributed by atoms with van der Waals surface area (Å²) in [5.74, 6) is -0.0413. The number of aryl methyl sites for hydroxylation is 1. The van der Waals surface area contributed by atoms with Crippen molar-refractivity contribution in [2.24, 2.45) is 0 Å². The summed E-state index contributed by atoms with van der Waals surface area (Å²) in [6.45, 7) is 1.90. The van der Waals surface area contributed by atoms with E-state index in [0.29, 0.717) is 11.4 Å².